The fraction of sp³-hybridized carbons (Fsp3) is 0.400. The highest BCUT2D eigenvalue weighted by Gasteiger charge is 2.22. The Morgan fingerprint density at radius 1 is 1.24 bits per heavy atom. The summed E-state index contributed by atoms with van der Waals surface area (Å²) in [5.74, 6) is 1.31. The van der Waals surface area contributed by atoms with E-state index in [1.165, 1.54) is 16.1 Å². The van der Waals surface area contributed by atoms with Crippen LogP contribution in [-0.2, 0) is 15.8 Å². The third-order valence-electron chi connectivity index (χ3n) is 3.71. The Morgan fingerprint density at radius 2 is 2.00 bits per heavy atom. The number of aromatic nitrogens is 4. The number of hydrogen-bond donors (Lipinski definition) is 0. The summed E-state index contributed by atoms with van der Waals surface area (Å²) in [6.07, 6.45) is 1.57. The first kappa shape index (κ1) is 17.9. The summed E-state index contributed by atoms with van der Waals surface area (Å²) < 4.78 is 33.5. The van der Waals surface area contributed by atoms with Gasteiger partial charge in [0.2, 0.25) is 10.0 Å². The lowest BCUT2D eigenvalue weighted by atomic mass is 10.4. The number of nitrogens with zero attached hydrogens (tertiary/aromatic N) is 5. The Morgan fingerprint density at radius 3 is 2.64 bits per heavy atom. The summed E-state index contributed by atoms with van der Waals surface area (Å²) in [6, 6.07) is 5.08. The predicted molar refractivity (Wildman–Crippen MR) is 93.9 cm³/mol. The van der Waals surface area contributed by atoms with Gasteiger partial charge in [0.15, 0.2) is 10.8 Å². The quantitative estimate of drug-likeness (QED) is 0.580. The SMILES string of the molecule is CCN(CC)S(=O)(=O)c1ccc2nnc(SCc3cc(C)on3)n2c1. The highest BCUT2D eigenvalue weighted by Crippen LogP contribution is 2.24. The lowest BCUT2D eigenvalue weighted by molar-refractivity contribution is 0.393. The highest BCUT2D eigenvalue weighted by molar-refractivity contribution is 7.98. The molecule has 0 saturated heterocycles. The van der Waals surface area contributed by atoms with Crippen LogP contribution in [0.5, 0.6) is 0 Å². The van der Waals surface area contributed by atoms with Gasteiger partial charge in [0.25, 0.3) is 0 Å². The molecule has 3 aromatic rings. The first-order valence-electron chi connectivity index (χ1n) is 7.85. The topological polar surface area (TPSA) is 93.6 Å². The molecule has 0 fully saturated rings. The zero-order chi connectivity index (χ0) is 18.0. The van der Waals surface area contributed by atoms with E-state index in [0.29, 0.717) is 29.6 Å². The van der Waals surface area contributed by atoms with Crippen LogP contribution in [0.2, 0.25) is 0 Å². The Balaban J connectivity index is 1.91. The van der Waals surface area contributed by atoms with Crippen molar-refractivity contribution in [1.82, 2.24) is 24.1 Å². The van der Waals surface area contributed by atoms with Gasteiger partial charge in [-0.3, -0.25) is 4.40 Å². The molecular formula is C15H19N5O3S2. The molecular weight excluding hydrogens is 362 g/mol. The molecule has 8 nitrogen and oxygen atoms in total. The molecule has 0 aliphatic carbocycles. The molecule has 3 heterocycles. The molecule has 3 rings (SSSR count). The van der Waals surface area contributed by atoms with Gasteiger partial charge in [-0.25, -0.2) is 8.42 Å². The first-order valence-corrected chi connectivity index (χ1v) is 10.3. The van der Waals surface area contributed by atoms with Crippen molar-refractivity contribution >= 4 is 27.4 Å². The van der Waals surface area contributed by atoms with Crippen molar-refractivity contribution in [1.29, 1.82) is 0 Å². The summed E-state index contributed by atoms with van der Waals surface area (Å²) in [6.45, 7) is 6.31. The van der Waals surface area contributed by atoms with Gasteiger partial charge < -0.3 is 4.52 Å². The molecule has 10 heteroatoms. The number of rotatable bonds is 7. The van der Waals surface area contributed by atoms with Crippen LogP contribution in [0.4, 0.5) is 0 Å². The van der Waals surface area contributed by atoms with Crippen LogP contribution in [0.15, 0.2) is 39.0 Å². The van der Waals surface area contributed by atoms with E-state index in [0.717, 1.165) is 11.5 Å². The smallest absolute Gasteiger partial charge is 0.244 e. The third-order valence-corrected chi connectivity index (χ3v) is 6.72. The fourth-order valence-corrected chi connectivity index (χ4v) is 4.69. The van der Waals surface area contributed by atoms with E-state index in [4.69, 9.17) is 4.52 Å². The molecule has 3 aromatic heterocycles. The Bertz CT molecular complexity index is 976. The summed E-state index contributed by atoms with van der Waals surface area (Å²) in [5.41, 5.74) is 1.39. The number of sulfonamides is 1. The average Bonchev–Trinajstić information content (AvgIpc) is 3.19. The molecule has 0 radical (unpaired) electrons. The maximum atomic E-state index is 12.7. The molecule has 134 valence electrons. The van der Waals surface area contributed by atoms with Crippen molar-refractivity contribution in [2.24, 2.45) is 0 Å². The predicted octanol–water partition coefficient (Wildman–Crippen LogP) is 2.35. The lowest BCUT2D eigenvalue weighted by Crippen LogP contribution is -2.30. The number of aryl methyl sites for hydroxylation is 1. The van der Waals surface area contributed by atoms with Crippen LogP contribution >= 0.6 is 11.8 Å². The molecule has 0 N–H and O–H groups in total. The molecule has 0 spiro atoms. The number of fused-ring (bicyclic) bond motifs is 1. The maximum Gasteiger partial charge on any atom is 0.244 e. The molecule has 25 heavy (non-hydrogen) atoms. The van der Waals surface area contributed by atoms with Crippen LogP contribution < -0.4 is 0 Å². The van der Waals surface area contributed by atoms with Gasteiger partial charge in [0.05, 0.1) is 10.6 Å². The standard InChI is InChI=1S/C15H19N5O3S2/c1-4-19(5-2)25(21,22)13-6-7-14-16-17-15(20(14)9-13)24-10-12-8-11(3)23-18-12/h6-9H,4-5,10H2,1-3H3. The van der Waals surface area contributed by atoms with Crippen LogP contribution in [0, 0.1) is 6.92 Å². The summed E-state index contributed by atoms with van der Waals surface area (Å²) in [7, 11) is -3.53. The minimum absolute atomic E-state index is 0.225. The minimum atomic E-state index is -3.53. The second-order valence-corrected chi connectivity index (χ2v) is 8.26. The van der Waals surface area contributed by atoms with Crippen molar-refractivity contribution < 1.29 is 12.9 Å². The monoisotopic (exact) mass is 381 g/mol. The van der Waals surface area contributed by atoms with Crippen molar-refractivity contribution in [3.8, 4) is 0 Å². The lowest BCUT2D eigenvalue weighted by Gasteiger charge is -2.18. The molecule has 0 unspecified atom stereocenters. The van der Waals surface area contributed by atoms with Crippen LogP contribution in [0.1, 0.15) is 25.3 Å². The highest BCUT2D eigenvalue weighted by atomic mass is 32.2. The van der Waals surface area contributed by atoms with Gasteiger partial charge in [-0.2, -0.15) is 4.31 Å². The van der Waals surface area contributed by atoms with Crippen molar-refractivity contribution in [2.45, 2.75) is 36.6 Å². The second kappa shape index (κ2) is 7.14. The minimum Gasteiger partial charge on any atom is -0.361 e. The third kappa shape index (κ3) is 3.55. The maximum absolute atomic E-state index is 12.7. The first-order chi connectivity index (χ1) is 12.0. The van der Waals surface area contributed by atoms with Crippen LogP contribution in [-0.4, -0.2) is 45.6 Å². The van der Waals surface area contributed by atoms with Gasteiger partial charge in [-0.05, 0) is 19.1 Å². The Hall–Kier alpha value is -1.91. The van der Waals surface area contributed by atoms with Crippen LogP contribution in [0.3, 0.4) is 0 Å². The van der Waals surface area contributed by atoms with Gasteiger partial charge in [0.1, 0.15) is 5.76 Å². The largest absolute Gasteiger partial charge is 0.361 e. The molecule has 0 saturated carbocycles. The van der Waals surface area contributed by atoms with Crippen molar-refractivity contribution in [3.05, 3.63) is 35.9 Å². The van der Waals surface area contributed by atoms with E-state index < -0.39 is 10.0 Å². The second-order valence-electron chi connectivity index (χ2n) is 5.38. The van der Waals surface area contributed by atoms with E-state index in [2.05, 4.69) is 15.4 Å². The molecule has 0 aromatic carbocycles. The van der Waals surface area contributed by atoms with E-state index in [1.807, 2.05) is 26.8 Å². The zero-order valence-electron chi connectivity index (χ0n) is 14.2. The van der Waals surface area contributed by atoms with E-state index in [9.17, 15) is 8.42 Å². The van der Waals surface area contributed by atoms with Crippen molar-refractivity contribution in [2.75, 3.05) is 13.1 Å². The summed E-state index contributed by atoms with van der Waals surface area (Å²) in [4.78, 5) is 0.225. The summed E-state index contributed by atoms with van der Waals surface area (Å²) in [5, 5.41) is 12.8. The number of hydrogen-bond acceptors (Lipinski definition) is 7. The van der Waals surface area contributed by atoms with E-state index in [1.54, 1.807) is 22.7 Å². The van der Waals surface area contributed by atoms with E-state index in [-0.39, 0.29) is 4.90 Å². The number of thioether (sulfide) groups is 1. The average molecular weight is 381 g/mol. The fourth-order valence-electron chi connectivity index (χ4n) is 2.44. The normalized spacial score (nSPS) is 12.3. The molecule has 0 aliphatic heterocycles. The van der Waals surface area contributed by atoms with Crippen LogP contribution in [0.25, 0.3) is 5.65 Å². The molecule has 0 amide bonds. The van der Waals surface area contributed by atoms with Gasteiger partial charge in [-0.15, -0.1) is 10.2 Å². The molecule has 0 bridgehead atoms. The van der Waals surface area contributed by atoms with Gasteiger partial charge >= 0.3 is 0 Å². The Labute approximate surface area is 150 Å². The van der Waals surface area contributed by atoms with Gasteiger partial charge in [-0.1, -0.05) is 30.8 Å². The zero-order valence-corrected chi connectivity index (χ0v) is 15.8. The molecule has 0 atom stereocenters. The number of pyridine rings is 1. The van der Waals surface area contributed by atoms with E-state index >= 15 is 0 Å². The van der Waals surface area contributed by atoms with Gasteiger partial charge in [0, 0.05) is 31.1 Å². The Kier molecular flexibility index (Phi) is 5.11. The van der Waals surface area contributed by atoms with Crippen molar-refractivity contribution in [3.63, 3.8) is 0 Å². The summed E-state index contributed by atoms with van der Waals surface area (Å²) >= 11 is 1.42. The molecule has 0 aliphatic rings.